The molecule has 0 fully saturated rings. The van der Waals surface area contributed by atoms with Crippen molar-refractivity contribution >= 4 is 11.8 Å². The first-order chi connectivity index (χ1) is 10.8. The van der Waals surface area contributed by atoms with E-state index >= 15 is 0 Å². The normalized spacial score (nSPS) is 12.7. The van der Waals surface area contributed by atoms with E-state index in [0.717, 1.165) is 29.5 Å². The van der Waals surface area contributed by atoms with Crippen LogP contribution < -0.4 is 0 Å². The van der Waals surface area contributed by atoms with Gasteiger partial charge in [-0.3, -0.25) is 4.99 Å². The number of benzene rings is 1. The van der Waals surface area contributed by atoms with Crippen LogP contribution in [-0.4, -0.2) is 5.71 Å². The van der Waals surface area contributed by atoms with Crippen molar-refractivity contribution in [2.24, 2.45) is 16.8 Å². The Labute approximate surface area is 142 Å². The van der Waals surface area contributed by atoms with Gasteiger partial charge in [-0.1, -0.05) is 39.0 Å². The zero-order valence-corrected chi connectivity index (χ0v) is 15.6. The van der Waals surface area contributed by atoms with Crippen LogP contribution in [0.4, 0.5) is 0 Å². The van der Waals surface area contributed by atoms with Gasteiger partial charge in [0.1, 0.15) is 0 Å². The number of hydrogen-bond acceptors (Lipinski definition) is 1. The largest absolute Gasteiger partial charge is 0.261 e. The summed E-state index contributed by atoms with van der Waals surface area (Å²) in [6.45, 7) is 16.8. The van der Waals surface area contributed by atoms with Crippen LogP contribution in [-0.2, 0) is 6.42 Å². The molecule has 1 unspecified atom stereocenters. The van der Waals surface area contributed by atoms with Crippen LogP contribution in [0.3, 0.4) is 0 Å². The average Bonchev–Trinajstić information content (AvgIpc) is 2.50. The zero-order chi connectivity index (χ0) is 17.4. The van der Waals surface area contributed by atoms with Crippen LogP contribution in [0, 0.1) is 11.8 Å². The molecule has 0 aromatic heterocycles. The molecule has 0 bridgehead atoms. The van der Waals surface area contributed by atoms with E-state index in [4.69, 9.17) is 0 Å². The highest BCUT2D eigenvalue weighted by molar-refractivity contribution is 5.99. The first-order valence-corrected chi connectivity index (χ1v) is 8.51. The van der Waals surface area contributed by atoms with Gasteiger partial charge >= 0.3 is 0 Å². The number of rotatable bonds is 7. The van der Waals surface area contributed by atoms with Gasteiger partial charge in [-0.15, -0.1) is 5.73 Å². The topological polar surface area (TPSA) is 12.4 Å². The van der Waals surface area contributed by atoms with Gasteiger partial charge in [0.05, 0.1) is 0 Å². The van der Waals surface area contributed by atoms with Crippen molar-refractivity contribution in [3.8, 4) is 0 Å². The van der Waals surface area contributed by atoms with Crippen LogP contribution in [0.2, 0.25) is 0 Å². The predicted octanol–water partition coefficient (Wildman–Crippen LogP) is 6.44. The fraction of sp³-hybridized carbons (Fsp3) is 0.455. The van der Waals surface area contributed by atoms with E-state index in [2.05, 4.69) is 77.0 Å². The molecule has 23 heavy (non-hydrogen) atoms. The van der Waals surface area contributed by atoms with Gasteiger partial charge in [0.25, 0.3) is 0 Å². The maximum Gasteiger partial charge on any atom is 0.0445 e. The lowest BCUT2D eigenvalue weighted by molar-refractivity contribution is 0.393. The third-order valence-electron chi connectivity index (χ3n) is 4.24. The fourth-order valence-electron chi connectivity index (χ4n) is 2.30. The monoisotopic (exact) mass is 309 g/mol. The first kappa shape index (κ1) is 19.2. The molecule has 0 aliphatic carbocycles. The molecular formula is C22H31N. The second-order valence-corrected chi connectivity index (χ2v) is 6.99. The quantitative estimate of drug-likeness (QED) is 0.406. The van der Waals surface area contributed by atoms with Gasteiger partial charge in [0.2, 0.25) is 0 Å². The van der Waals surface area contributed by atoms with Crippen LogP contribution in [0.1, 0.15) is 64.7 Å². The predicted molar refractivity (Wildman–Crippen MR) is 104 cm³/mol. The second-order valence-electron chi connectivity index (χ2n) is 6.99. The SMILES string of the molecule is C=C=Cc1cc(CCC(C)C(C)C)cc(/C(C)=N/C=C(C)C)c1. The molecule has 0 saturated carbocycles. The second kappa shape index (κ2) is 9.33. The van der Waals surface area contributed by atoms with E-state index in [9.17, 15) is 0 Å². The van der Waals surface area contributed by atoms with E-state index in [1.807, 2.05) is 12.3 Å². The minimum atomic E-state index is 0.728. The van der Waals surface area contributed by atoms with Crippen LogP contribution >= 0.6 is 0 Å². The Morgan fingerprint density at radius 1 is 1.17 bits per heavy atom. The van der Waals surface area contributed by atoms with E-state index in [-0.39, 0.29) is 0 Å². The molecule has 1 aromatic carbocycles. The van der Waals surface area contributed by atoms with Crippen molar-refractivity contribution in [3.63, 3.8) is 0 Å². The number of allylic oxidation sites excluding steroid dienone is 1. The summed E-state index contributed by atoms with van der Waals surface area (Å²) in [4.78, 5) is 4.56. The maximum absolute atomic E-state index is 4.56. The highest BCUT2D eigenvalue weighted by Crippen LogP contribution is 2.20. The van der Waals surface area contributed by atoms with Crippen molar-refractivity contribution in [2.45, 2.75) is 54.4 Å². The lowest BCUT2D eigenvalue weighted by Crippen LogP contribution is -2.06. The van der Waals surface area contributed by atoms with Crippen molar-refractivity contribution in [3.05, 3.63) is 59.0 Å². The van der Waals surface area contributed by atoms with Crippen molar-refractivity contribution < 1.29 is 0 Å². The summed E-state index contributed by atoms with van der Waals surface area (Å²) in [6, 6.07) is 6.67. The number of nitrogens with zero attached hydrogens (tertiary/aromatic N) is 1. The summed E-state index contributed by atoms with van der Waals surface area (Å²) in [5.74, 6) is 1.46. The molecule has 0 spiro atoms. The Morgan fingerprint density at radius 2 is 1.87 bits per heavy atom. The standard InChI is InChI=1S/C22H31N/c1-8-9-20-12-21(11-10-18(6)17(4)5)14-22(13-20)19(7)23-15-16(2)3/h9,12-15,17-18H,1,10-11H2,2-7H3/b23-19+. The Balaban J connectivity index is 3.09. The molecule has 1 aromatic rings. The summed E-state index contributed by atoms with van der Waals surface area (Å²) in [5, 5.41) is 0. The molecule has 0 aliphatic rings. The lowest BCUT2D eigenvalue weighted by Gasteiger charge is -2.15. The Morgan fingerprint density at radius 3 is 2.43 bits per heavy atom. The van der Waals surface area contributed by atoms with E-state index in [1.54, 1.807) is 0 Å². The molecule has 0 saturated heterocycles. The Kier molecular flexibility index (Phi) is 7.78. The van der Waals surface area contributed by atoms with Gasteiger partial charge in [-0.25, -0.2) is 0 Å². The summed E-state index contributed by atoms with van der Waals surface area (Å²) in [6.07, 6.45) is 6.17. The molecule has 0 N–H and O–H groups in total. The molecule has 0 heterocycles. The smallest absolute Gasteiger partial charge is 0.0445 e. The van der Waals surface area contributed by atoms with Gasteiger partial charge in [0.15, 0.2) is 0 Å². The van der Waals surface area contributed by atoms with Gasteiger partial charge in [-0.05, 0) is 80.3 Å². The summed E-state index contributed by atoms with van der Waals surface area (Å²) < 4.78 is 0. The molecule has 0 radical (unpaired) electrons. The van der Waals surface area contributed by atoms with Gasteiger partial charge < -0.3 is 0 Å². The van der Waals surface area contributed by atoms with Crippen LogP contribution in [0.5, 0.6) is 0 Å². The summed E-state index contributed by atoms with van der Waals surface area (Å²) >= 11 is 0. The number of hydrogen-bond donors (Lipinski definition) is 0. The highest BCUT2D eigenvalue weighted by Gasteiger charge is 2.08. The summed E-state index contributed by atoms with van der Waals surface area (Å²) in [7, 11) is 0. The average molecular weight is 309 g/mol. The Bertz CT molecular complexity index is 621. The van der Waals surface area contributed by atoms with Gasteiger partial charge in [-0.2, -0.15) is 0 Å². The van der Waals surface area contributed by atoms with Crippen molar-refractivity contribution in [2.75, 3.05) is 0 Å². The molecule has 1 rings (SSSR count). The molecule has 1 nitrogen and oxygen atoms in total. The molecule has 0 amide bonds. The number of aryl methyl sites for hydroxylation is 1. The van der Waals surface area contributed by atoms with E-state index in [0.29, 0.717) is 0 Å². The number of aliphatic imine (C=N–C) groups is 1. The highest BCUT2D eigenvalue weighted by atomic mass is 14.7. The van der Waals surface area contributed by atoms with E-state index in [1.165, 1.54) is 23.1 Å². The molecule has 124 valence electrons. The van der Waals surface area contributed by atoms with E-state index < -0.39 is 0 Å². The third-order valence-corrected chi connectivity index (χ3v) is 4.24. The third kappa shape index (κ3) is 6.84. The maximum atomic E-state index is 4.56. The molecule has 0 aliphatic heterocycles. The van der Waals surface area contributed by atoms with Crippen LogP contribution in [0.15, 0.2) is 47.3 Å². The Hall–Kier alpha value is -1.85. The van der Waals surface area contributed by atoms with Gasteiger partial charge in [0, 0.05) is 11.9 Å². The molecular weight excluding hydrogens is 278 g/mol. The minimum Gasteiger partial charge on any atom is -0.261 e. The van der Waals surface area contributed by atoms with Crippen molar-refractivity contribution in [1.29, 1.82) is 0 Å². The molecule has 1 heteroatoms. The zero-order valence-electron chi connectivity index (χ0n) is 15.6. The van der Waals surface area contributed by atoms with Crippen LogP contribution in [0.25, 0.3) is 6.08 Å². The molecule has 1 atom stereocenters. The fourth-order valence-corrected chi connectivity index (χ4v) is 2.30. The first-order valence-electron chi connectivity index (χ1n) is 8.51. The lowest BCUT2D eigenvalue weighted by atomic mass is 9.90. The van der Waals surface area contributed by atoms with Crippen molar-refractivity contribution in [1.82, 2.24) is 0 Å². The summed E-state index contributed by atoms with van der Waals surface area (Å²) in [5.41, 5.74) is 8.83. The minimum absolute atomic E-state index is 0.728.